The zero-order chi connectivity index (χ0) is 20.4. The molecule has 28 heavy (non-hydrogen) atoms. The molecule has 3 rings (SSSR count). The fourth-order valence-electron chi connectivity index (χ4n) is 3.12. The van der Waals surface area contributed by atoms with Crippen molar-refractivity contribution in [3.63, 3.8) is 0 Å². The van der Waals surface area contributed by atoms with Crippen molar-refractivity contribution in [2.45, 2.75) is 34.2 Å². The van der Waals surface area contributed by atoms with Gasteiger partial charge in [0.1, 0.15) is 5.56 Å². The van der Waals surface area contributed by atoms with E-state index in [0.29, 0.717) is 34.1 Å². The molecule has 0 N–H and O–H groups in total. The van der Waals surface area contributed by atoms with Gasteiger partial charge < -0.3 is 4.74 Å². The number of esters is 1. The molecule has 0 aliphatic heterocycles. The molecule has 146 valence electrons. The van der Waals surface area contributed by atoms with E-state index in [-0.39, 0.29) is 12.4 Å². The average molecular weight is 417 g/mol. The number of ketones is 1. The number of nitrogens with zero attached hydrogens (tertiary/aromatic N) is 2. The van der Waals surface area contributed by atoms with Crippen molar-refractivity contribution in [3.8, 4) is 0 Å². The lowest BCUT2D eigenvalue weighted by Gasteiger charge is -2.07. The van der Waals surface area contributed by atoms with Crippen molar-refractivity contribution in [1.82, 2.24) is 9.78 Å². The van der Waals surface area contributed by atoms with Crippen LogP contribution in [0.5, 0.6) is 0 Å². The molecule has 0 spiro atoms. The first-order chi connectivity index (χ1) is 13.3. The third-order valence-electron chi connectivity index (χ3n) is 4.54. The van der Waals surface area contributed by atoms with E-state index in [4.69, 9.17) is 16.3 Å². The smallest absolute Gasteiger partial charge is 0.342 e. The predicted molar refractivity (Wildman–Crippen MR) is 111 cm³/mol. The Kier molecular flexibility index (Phi) is 6.01. The van der Waals surface area contributed by atoms with Crippen LogP contribution in [0.3, 0.4) is 0 Å². The number of Topliss-reactive ketones (excluding diaryl/α,β-unsaturated/α-hetero) is 1. The Hall–Kier alpha value is -2.44. The molecule has 0 aliphatic rings. The first-order valence-electron chi connectivity index (χ1n) is 8.82. The lowest BCUT2D eigenvalue weighted by Crippen LogP contribution is -2.15. The topological polar surface area (TPSA) is 61.2 Å². The molecule has 0 saturated carbocycles. The summed E-state index contributed by atoms with van der Waals surface area (Å²) in [5, 5.41) is 5.09. The summed E-state index contributed by atoms with van der Waals surface area (Å²) in [6, 6.07) is 9.33. The minimum Gasteiger partial charge on any atom is -0.454 e. The highest BCUT2D eigenvalue weighted by Gasteiger charge is 2.22. The minimum atomic E-state index is -0.543. The highest BCUT2D eigenvalue weighted by atomic mass is 35.5. The predicted octanol–water partition coefficient (Wildman–Crippen LogP) is 4.92. The Bertz CT molecular complexity index is 1050. The number of halogens is 1. The van der Waals surface area contributed by atoms with Gasteiger partial charge in [-0.15, -0.1) is 11.3 Å². The van der Waals surface area contributed by atoms with E-state index >= 15 is 0 Å². The maximum Gasteiger partial charge on any atom is 0.342 e. The molecule has 2 heterocycles. The van der Waals surface area contributed by atoms with Gasteiger partial charge in [-0.05, 0) is 45.4 Å². The fourth-order valence-corrected chi connectivity index (χ4v) is 4.26. The molecule has 0 aliphatic carbocycles. The highest BCUT2D eigenvalue weighted by Crippen LogP contribution is 2.22. The molecule has 0 saturated heterocycles. The largest absolute Gasteiger partial charge is 0.454 e. The van der Waals surface area contributed by atoms with E-state index in [1.807, 2.05) is 51.1 Å². The lowest BCUT2D eigenvalue weighted by atomic mass is 10.1. The van der Waals surface area contributed by atoms with Gasteiger partial charge in [0, 0.05) is 20.3 Å². The Balaban J connectivity index is 1.73. The van der Waals surface area contributed by atoms with Crippen LogP contribution >= 0.6 is 22.9 Å². The molecule has 0 bridgehead atoms. The van der Waals surface area contributed by atoms with Crippen molar-refractivity contribution in [3.05, 3.63) is 73.2 Å². The molecule has 0 fully saturated rings. The first-order valence-corrected chi connectivity index (χ1v) is 10.0. The molecule has 2 aromatic heterocycles. The number of aryl methyl sites for hydroxylation is 3. The summed E-state index contributed by atoms with van der Waals surface area (Å²) in [6.45, 7) is 7.55. The van der Waals surface area contributed by atoms with E-state index in [0.717, 1.165) is 15.3 Å². The number of thiophene rings is 1. The van der Waals surface area contributed by atoms with E-state index < -0.39 is 5.97 Å². The van der Waals surface area contributed by atoms with Gasteiger partial charge in [-0.25, -0.2) is 4.79 Å². The monoisotopic (exact) mass is 416 g/mol. The van der Waals surface area contributed by atoms with Crippen LogP contribution in [-0.4, -0.2) is 28.1 Å². The highest BCUT2D eigenvalue weighted by molar-refractivity contribution is 7.12. The fraction of sp³-hybridized carbons (Fsp3) is 0.286. The van der Waals surface area contributed by atoms with Gasteiger partial charge in [0.15, 0.2) is 6.61 Å². The van der Waals surface area contributed by atoms with E-state index in [9.17, 15) is 9.59 Å². The molecular weight excluding hydrogens is 396 g/mol. The maximum absolute atomic E-state index is 12.6. The van der Waals surface area contributed by atoms with Crippen LogP contribution in [0.25, 0.3) is 0 Å². The van der Waals surface area contributed by atoms with Crippen molar-refractivity contribution < 1.29 is 14.3 Å². The number of rotatable bonds is 6. The summed E-state index contributed by atoms with van der Waals surface area (Å²) in [7, 11) is 0. The molecule has 1 aromatic carbocycles. The second kappa shape index (κ2) is 8.29. The number of carbonyl (C=O) groups is 2. The van der Waals surface area contributed by atoms with Gasteiger partial charge in [-0.1, -0.05) is 29.8 Å². The first kappa shape index (κ1) is 20.3. The molecule has 0 atom stereocenters. The van der Waals surface area contributed by atoms with Gasteiger partial charge in [-0.3, -0.25) is 9.48 Å². The van der Waals surface area contributed by atoms with Crippen molar-refractivity contribution >= 4 is 34.7 Å². The third kappa shape index (κ3) is 4.18. The quantitative estimate of drug-likeness (QED) is 0.422. The number of carbonyl (C=O) groups excluding carboxylic acids is 2. The summed E-state index contributed by atoms with van der Waals surface area (Å²) in [6.07, 6.45) is 0. The number of aromatic nitrogens is 2. The zero-order valence-electron chi connectivity index (χ0n) is 16.2. The molecule has 5 nitrogen and oxygen atoms in total. The third-order valence-corrected chi connectivity index (χ3v) is 5.87. The second-order valence-corrected chi connectivity index (χ2v) is 8.49. The molecule has 0 unspecified atom stereocenters. The van der Waals surface area contributed by atoms with Crippen LogP contribution in [0.2, 0.25) is 5.02 Å². The second-order valence-electron chi connectivity index (χ2n) is 6.62. The average Bonchev–Trinajstić information content (AvgIpc) is 3.12. The summed E-state index contributed by atoms with van der Waals surface area (Å²) in [5.41, 5.74) is 3.14. The van der Waals surface area contributed by atoms with Gasteiger partial charge >= 0.3 is 5.97 Å². The summed E-state index contributed by atoms with van der Waals surface area (Å²) in [4.78, 5) is 26.9. The maximum atomic E-state index is 12.6. The molecule has 0 amide bonds. The van der Waals surface area contributed by atoms with Crippen molar-refractivity contribution in [1.29, 1.82) is 0 Å². The Morgan fingerprint density at radius 3 is 2.54 bits per heavy atom. The van der Waals surface area contributed by atoms with E-state index in [1.165, 1.54) is 0 Å². The van der Waals surface area contributed by atoms with Crippen LogP contribution in [0.15, 0.2) is 30.3 Å². The van der Waals surface area contributed by atoms with Crippen LogP contribution in [-0.2, 0) is 11.3 Å². The van der Waals surface area contributed by atoms with E-state index in [2.05, 4.69) is 5.10 Å². The number of benzene rings is 1. The molecule has 0 radical (unpaired) electrons. The Labute approximate surface area is 172 Å². The minimum absolute atomic E-state index is 0.200. The van der Waals surface area contributed by atoms with Crippen LogP contribution in [0.1, 0.15) is 47.4 Å². The van der Waals surface area contributed by atoms with Gasteiger partial charge in [0.05, 0.1) is 17.9 Å². The standard InChI is InChI=1S/C21H21ClN2O3S/c1-12-9-17(15(4)28-12)19(25)11-27-21(26)20-13(2)23-24(14(20)3)10-16-7-5-6-8-18(16)22/h5-9H,10-11H2,1-4H3. The van der Waals surface area contributed by atoms with Gasteiger partial charge in [0.25, 0.3) is 0 Å². The zero-order valence-corrected chi connectivity index (χ0v) is 17.8. The van der Waals surface area contributed by atoms with Crippen LogP contribution in [0.4, 0.5) is 0 Å². The van der Waals surface area contributed by atoms with Crippen molar-refractivity contribution in [2.24, 2.45) is 0 Å². The van der Waals surface area contributed by atoms with Crippen molar-refractivity contribution in [2.75, 3.05) is 6.61 Å². The Morgan fingerprint density at radius 1 is 1.18 bits per heavy atom. The normalized spacial score (nSPS) is 10.9. The molecule has 7 heteroatoms. The summed E-state index contributed by atoms with van der Waals surface area (Å²) < 4.78 is 7.02. The van der Waals surface area contributed by atoms with Crippen LogP contribution in [0, 0.1) is 27.7 Å². The van der Waals surface area contributed by atoms with Crippen LogP contribution < -0.4 is 0 Å². The number of ether oxygens (including phenoxy) is 1. The SMILES string of the molecule is Cc1cc(C(=O)COC(=O)c2c(C)nn(Cc3ccccc3Cl)c2C)c(C)s1. The van der Waals surface area contributed by atoms with Gasteiger partial charge in [-0.2, -0.15) is 5.10 Å². The Morgan fingerprint density at radius 2 is 1.89 bits per heavy atom. The van der Waals surface area contributed by atoms with E-state index in [1.54, 1.807) is 22.9 Å². The number of hydrogen-bond donors (Lipinski definition) is 0. The number of hydrogen-bond acceptors (Lipinski definition) is 5. The molecular formula is C21H21ClN2O3S. The summed E-state index contributed by atoms with van der Waals surface area (Å²) >= 11 is 7.78. The summed E-state index contributed by atoms with van der Waals surface area (Å²) in [5.74, 6) is -0.743. The lowest BCUT2D eigenvalue weighted by molar-refractivity contribution is 0.0473. The van der Waals surface area contributed by atoms with Gasteiger partial charge in [0.2, 0.25) is 5.78 Å². The molecule has 3 aromatic rings.